The summed E-state index contributed by atoms with van der Waals surface area (Å²) in [6.07, 6.45) is 3.78. The lowest BCUT2D eigenvalue weighted by molar-refractivity contribution is -0.148. The lowest BCUT2D eigenvalue weighted by Crippen LogP contribution is -2.39. The number of carbonyl (C=O) groups excluding carboxylic acids is 2. The Balaban J connectivity index is 1.81. The zero-order valence-corrected chi connectivity index (χ0v) is 15.0. The highest BCUT2D eigenvalue weighted by Gasteiger charge is 2.31. The molecule has 24 heavy (non-hydrogen) atoms. The third-order valence-electron chi connectivity index (χ3n) is 4.23. The van der Waals surface area contributed by atoms with Crippen molar-refractivity contribution in [3.63, 3.8) is 0 Å². The van der Waals surface area contributed by atoms with Crippen molar-refractivity contribution in [2.24, 2.45) is 11.8 Å². The molecule has 1 amide bonds. The monoisotopic (exact) mass is 373 g/mol. The molecule has 2 rings (SSSR count). The summed E-state index contributed by atoms with van der Waals surface area (Å²) < 4.78 is 10.2. The van der Waals surface area contributed by atoms with E-state index in [0.717, 1.165) is 25.7 Å². The second kappa shape index (κ2) is 9.14. The van der Waals surface area contributed by atoms with E-state index in [-0.39, 0.29) is 30.3 Å². The summed E-state index contributed by atoms with van der Waals surface area (Å²) in [5.41, 5.74) is 0. The van der Waals surface area contributed by atoms with Gasteiger partial charge in [0.1, 0.15) is 5.75 Å². The molecular formula is C17H21Cl2NO4. The molecule has 0 heterocycles. The zero-order valence-electron chi connectivity index (χ0n) is 13.5. The van der Waals surface area contributed by atoms with E-state index in [1.807, 2.05) is 0 Å². The van der Waals surface area contributed by atoms with E-state index < -0.39 is 0 Å². The van der Waals surface area contributed by atoms with Crippen LogP contribution in [0.2, 0.25) is 10.0 Å². The summed E-state index contributed by atoms with van der Waals surface area (Å²) in [5, 5.41) is 3.70. The first-order chi connectivity index (χ1) is 11.5. The van der Waals surface area contributed by atoms with E-state index in [0.29, 0.717) is 22.3 Å². The Hall–Kier alpha value is -1.46. The molecule has 5 nitrogen and oxygen atoms in total. The minimum Gasteiger partial charge on any atom is -0.482 e. The summed E-state index contributed by atoms with van der Waals surface area (Å²) in [6.45, 7) is 0.279. The van der Waals surface area contributed by atoms with Gasteiger partial charge in [-0.2, -0.15) is 0 Å². The fourth-order valence-corrected chi connectivity index (χ4v) is 3.27. The topological polar surface area (TPSA) is 64.6 Å². The standard InChI is InChI=1S/C17H21Cl2NO4/c1-23-17(22)13-5-3-2-4-11(13)9-20-16(21)10-24-15-8-12(18)6-7-14(15)19/h6-8,11,13H,2-5,9-10H2,1H3,(H,20,21). The van der Waals surface area contributed by atoms with E-state index in [1.54, 1.807) is 18.2 Å². The van der Waals surface area contributed by atoms with Crippen LogP contribution in [-0.2, 0) is 14.3 Å². The molecule has 2 unspecified atom stereocenters. The minimum absolute atomic E-state index is 0.102. The molecule has 0 aliphatic heterocycles. The fraction of sp³-hybridized carbons (Fsp3) is 0.529. The van der Waals surface area contributed by atoms with Gasteiger partial charge in [0.25, 0.3) is 5.91 Å². The van der Waals surface area contributed by atoms with Crippen LogP contribution in [0.15, 0.2) is 18.2 Å². The lowest BCUT2D eigenvalue weighted by atomic mass is 9.79. The van der Waals surface area contributed by atoms with E-state index >= 15 is 0 Å². The van der Waals surface area contributed by atoms with Crippen LogP contribution in [0.4, 0.5) is 0 Å². The van der Waals surface area contributed by atoms with Gasteiger partial charge in [0, 0.05) is 17.6 Å². The number of halogens is 2. The molecule has 1 saturated carbocycles. The molecule has 0 aromatic heterocycles. The van der Waals surface area contributed by atoms with Gasteiger partial charge in [-0.15, -0.1) is 0 Å². The maximum absolute atomic E-state index is 12.0. The molecule has 1 aliphatic carbocycles. The van der Waals surface area contributed by atoms with Crippen molar-refractivity contribution in [2.75, 3.05) is 20.3 Å². The number of rotatable bonds is 6. The molecule has 0 radical (unpaired) electrons. The van der Waals surface area contributed by atoms with E-state index in [2.05, 4.69) is 5.32 Å². The molecule has 0 saturated heterocycles. The molecule has 1 aromatic rings. The highest BCUT2D eigenvalue weighted by atomic mass is 35.5. The van der Waals surface area contributed by atoms with Crippen LogP contribution in [0.25, 0.3) is 0 Å². The van der Waals surface area contributed by atoms with Crippen LogP contribution >= 0.6 is 23.2 Å². The van der Waals surface area contributed by atoms with Crippen molar-refractivity contribution < 1.29 is 19.1 Å². The number of nitrogens with one attached hydrogen (secondary N) is 1. The van der Waals surface area contributed by atoms with Gasteiger partial charge in [-0.3, -0.25) is 9.59 Å². The molecule has 1 N–H and O–H groups in total. The van der Waals surface area contributed by atoms with Crippen LogP contribution in [-0.4, -0.2) is 32.1 Å². The van der Waals surface area contributed by atoms with Gasteiger partial charge in [-0.1, -0.05) is 36.0 Å². The molecule has 1 aliphatic rings. The quantitative estimate of drug-likeness (QED) is 0.775. The number of ether oxygens (including phenoxy) is 2. The Morgan fingerprint density at radius 2 is 2.00 bits per heavy atom. The molecule has 7 heteroatoms. The van der Waals surface area contributed by atoms with Gasteiger partial charge < -0.3 is 14.8 Å². The molecule has 0 bridgehead atoms. The van der Waals surface area contributed by atoms with Crippen molar-refractivity contribution in [1.29, 1.82) is 0 Å². The molecule has 0 spiro atoms. The van der Waals surface area contributed by atoms with Gasteiger partial charge in [0.05, 0.1) is 18.1 Å². The largest absolute Gasteiger partial charge is 0.482 e. The van der Waals surface area contributed by atoms with Crippen LogP contribution in [0.3, 0.4) is 0 Å². The normalized spacial score (nSPS) is 20.3. The summed E-state index contributed by atoms with van der Waals surface area (Å²) in [6, 6.07) is 4.82. The maximum Gasteiger partial charge on any atom is 0.309 e. The smallest absolute Gasteiger partial charge is 0.309 e. The van der Waals surface area contributed by atoms with Crippen molar-refractivity contribution in [3.8, 4) is 5.75 Å². The average molecular weight is 374 g/mol. The number of hydrogen-bond donors (Lipinski definition) is 1. The second-order valence-corrected chi connectivity index (χ2v) is 6.69. The molecule has 1 fully saturated rings. The van der Waals surface area contributed by atoms with Gasteiger partial charge in [0.2, 0.25) is 0 Å². The number of amides is 1. The van der Waals surface area contributed by atoms with Crippen LogP contribution in [0.5, 0.6) is 5.75 Å². The first kappa shape index (κ1) is 18.9. The first-order valence-corrected chi connectivity index (χ1v) is 8.69. The lowest BCUT2D eigenvalue weighted by Gasteiger charge is -2.29. The third-order valence-corrected chi connectivity index (χ3v) is 4.77. The van der Waals surface area contributed by atoms with Crippen LogP contribution in [0.1, 0.15) is 25.7 Å². The number of hydrogen-bond acceptors (Lipinski definition) is 4. The predicted octanol–water partition coefficient (Wildman–Crippen LogP) is 3.47. The Morgan fingerprint density at radius 1 is 1.25 bits per heavy atom. The summed E-state index contributed by atoms with van der Waals surface area (Å²) in [7, 11) is 1.40. The maximum atomic E-state index is 12.0. The highest BCUT2D eigenvalue weighted by Crippen LogP contribution is 2.30. The van der Waals surface area contributed by atoms with Gasteiger partial charge in [-0.05, 0) is 30.9 Å². The van der Waals surface area contributed by atoms with E-state index in [9.17, 15) is 9.59 Å². The van der Waals surface area contributed by atoms with Gasteiger partial charge in [-0.25, -0.2) is 0 Å². The summed E-state index contributed by atoms with van der Waals surface area (Å²) >= 11 is 11.9. The molecule has 132 valence electrons. The number of carbonyl (C=O) groups is 2. The fourth-order valence-electron chi connectivity index (χ4n) is 2.94. The zero-order chi connectivity index (χ0) is 17.5. The molecular weight excluding hydrogens is 353 g/mol. The van der Waals surface area contributed by atoms with Crippen LogP contribution in [0, 0.1) is 11.8 Å². The first-order valence-electron chi connectivity index (χ1n) is 7.93. The third kappa shape index (κ3) is 5.28. The van der Waals surface area contributed by atoms with Crippen molar-refractivity contribution in [3.05, 3.63) is 28.2 Å². The Bertz CT molecular complexity index is 594. The average Bonchev–Trinajstić information content (AvgIpc) is 2.60. The van der Waals surface area contributed by atoms with Gasteiger partial charge >= 0.3 is 5.97 Å². The predicted molar refractivity (Wildman–Crippen MR) is 92.4 cm³/mol. The number of esters is 1. The van der Waals surface area contributed by atoms with E-state index in [1.165, 1.54) is 7.11 Å². The minimum atomic E-state index is -0.264. The van der Waals surface area contributed by atoms with Gasteiger partial charge in [0.15, 0.2) is 6.61 Å². The summed E-state index contributed by atoms with van der Waals surface area (Å²) in [5.74, 6) is -0.141. The number of benzene rings is 1. The Morgan fingerprint density at radius 3 is 2.75 bits per heavy atom. The van der Waals surface area contributed by atoms with Crippen LogP contribution < -0.4 is 10.1 Å². The van der Waals surface area contributed by atoms with Crippen molar-refractivity contribution in [2.45, 2.75) is 25.7 Å². The molecule has 1 aromatic carbocycles. The highest BCUT2D eigenvalue weighted by molar-refractivity contribution is 6.34. The van der Waals surface area contributed by atoms with Crippen molar-refractivity contribution >= 4 is 35.1 Å². The number of methoxy groups -OCH3 is 1. The second-order valence-electron chi connectivity index (χ2n) is 5.84. The Labute approximate surface area is 151 Å². The Kier molecular flexibility index (Phi) is 7.18. The van der Waals surface area contributed by atoms with E-state index in [4.69, 9.17) is 32.7 Å². The summed E-state index contributed by atoms with van der Waals surface area (Å²) in [4.78, 5) is 23.8. The molecule has 2 atom stereocenters. The van der Waals surface area contributed by atoms with Crippen molar-refractivity contribution in [1.82, 2.24) is 5.32 Å². The SMILES string of the molecule is COC(=O)C1CCCCC1CNC(=O)COc1cc(Cl)ccc1Cl.